The molecule has 1 aromatic carbocycles. The van der Waals surface area contributed by atoms with E-state index in [0.29, 0.717) is 30.5 Å². The van der Waals surface area contributed by atoms with E-state index in [0.717, 1.165) is 12.0 Å². The van der Waals surface area contributed by atoms with Gasteiger partial charge in [-0.2, -0.15) is 4.31 Å². The van der Waals surface area contributed by atoms with Crippen LogP contribution in [0.5, 0.6) is 0 Å². The van der Waals surface area contributed by atoms with Crippen LogP contribution in [-0.4, -0.2) is 24.4 Å². The lowest BCUT2D eigenvalue weighted by Gasteiger charge is -2.30. The first-order chi connectivity index (χ1) is 10.9. The van der Waals surface area contributed by atoms with Crippen LogP contribution in [0, 0.1) is 6.92 Å². The van der Waals surface area contributed by atoms with Gasteiger partial charge in [-0.25, -0.2) is 8.42 Å². The molecule has 2 aromatic rings. The van der Waals surface area contributed by atoms with Crippen molar-refractivity contribution in [3.8, 4) is 0 Å². The Balaban J connectivity index is 1.83. The minimum absolute atomic E-state index is 0.108. The third-order valence-corrected chi connectivity index (χ3v) is 6.05. The molecule has 0 fully saturated rings. The van der Waals surface area contributed by atoms with Crippen LogP contribution in [0.25, 0.3) is 0 Å². The van der Waals surface area contributed by atoms with Crippen molar-refractivity contribution in [1.29, 1.82) is 0 Å². The van der Waals surface area contributed by atoms with E-state index < -0.39 is 10.0 Å². The van der Waals surface area contributed by atoms with Crippen molar-refractivity contribution >= 4 is 10.0 Å². The summed E-state index contributed by atoms with van der Waals surface area (Å²) in [6.07, 6.45) is 0.765. The summed E-state index contributed by atoms with van der Waals surface area (Å²) in [7, 11) is -3.39. The van der Waals surface area contributed by atoms with Gasteiger partial charge in [-0.15, -0.1) is 0 Å². The molecule has 6 heteroatoms. The lowest BCUT2D eigenvalue weighted by molar-refractivity contribution is 0.381. The molecule has 0 N–H and O–H groups in total. The van der Waals surface area contributed by atoms with Crippen LogP contribution in [0.2, 0.25) is 0 Å². The lowest BCUT2D eigenvalue weighted by Crippen LogP contribution is -2.37. The van der Waals surface area contributed by atoms with Crippen LogP contribution in [-0.2, 0) is 28.7 Å². The minimum atomic E-state index is -3.39. The van der Waals surface area contributed by atoms with Crippen molar-refractivity contribution in [3.05, 3.63) is 52.4 Å². The number of hydrogen-bond donors (Lipinski definition) is 0. The molecule has 5 nitrogen and oxygen atoms in total. The second kappa shape index (κ2) is 6.09. The lowest BCUT2D eigenvalue weighted by atomic mass is 9.90. The fourth-order valence-electron chi connectivity index (χ4n) is 3.16. The Morgan fingerprint density at radius 1 is 1.35 bits per heavy atom. The molecule has 0 unspecified atom stereocenters. The first kappa shape index (κ1) is 16.2. The predicted molar refractivity (Wildman–Crippen MR) is 88.5 cm³/mol. The van der Waals surface area contributed by atoms with Crippen LogP contribution in [0.3, 0.4) is 0 Å². The molecule has 1 aliphatic rings. The number of aromatic nitrogens is 1. The largest absolute Gasteiger partial charge is 0.361 e. The fraction of sp³-hybridized carbons (Fsp3) is 0.471. The Morgan fingerprint density at radius 2 is 2.13 bits per heavy atom. The molecule has 2 heterocycles. The van der Waals surface area contributed by atoms with Crippen molar-refractivity contribution < 1.29 is 12.9 Å². The molecule has 3 rings (SSSR count). The van der Waals surface area contributed by atoms with E-state index in [9.17, 15) is 8.42 Å². The maximum absolute atomic E-state index is 12.6. The molecule has 1 aromatic heterocycles. The summed E-state index contributed by atoms with van der Waals surface area (Å²) in [5, 5.41) is 3.80. The smallest absolute Gasteiger partial charge is 0.220 e. The van der Waals surface area contributed by atoms with E-state index in [1.165, 1.54) is 11.1 Å². The zero-order chi connectivity index (χ0) is 16.6. The molecular formula is C17H22N2O3S. The zero-order valence-corrected chi connectivity index (χ0v) is 14.6. The van der Waals surface area contributed by atoms with Gasteiger partial charge in [0.25, 0.3) is 0 Å². The van der Waals surface area contributed by atoms with Crippen molar-refractivity contribution in [3.63, 3.8) is 0 Å². The van der Waals surface area contributed by atoms with E-state index in [2.05, 4.69) is 25.1 Å². The molecule has 124 valence electrons. The summed E-state index contributed by atoms with van der Waals surface area (Å²) in [5.41, 5.74) is 4.21. The Bertz CT molecular complexity index is 809. The summed E-state index contributed by atoms with van der Waals surface area (Å²) in [6.45, 7) is 7.07. The topological polar surface area (TPSA) is 63.4 Å². The minimum Gasteiger partial charge on any atom is -0.361 e. The highest BCUT2D eigenvalue weighted by Crippen LogP contribution is 2.29. The molecule has 1 aliphatic heterocycles. The van der Waals surface area contributed by atoms with Gasteiger partial charge in [0.1, 0.15) is 17.2 Å². The SMILES string of the molecule is Cc1cc(CS(=O)(=O)N2CCc3c(cccc3C(C)C)C2)no1. The van der Waals surface area contributed by atoms with Gasteiger partial charge in [0, 0.05) is 19.2 Å². The maximum atomic E-state index is 12.6. The molecule has 0 atom stereocenters. The predicted octanol–water partition coefficient (Wildman–Crippen LogP) is 2.99. The van der Waals surface area contributed by atoms with Crippen LogP contribution >= 0.6 is 0 Å². The van der Waals surface area contributed by atoms with Crippen molar-refractivity contribution in [1.82, 2.24) is 9.46 Å². The number of nitrogens with zero attached hydrogens (tertiary/aromatic N) is 2. The maximum Gasteiger partial charge on any atom is 0.220 e. The first-order valence-corrected chi connectivity index (χ1v) is 9.48. The Morgan fingerprint density at radius 3 is 2.78 bits per heavy atom. The Kier molecular flexibility index (Phi) is 4.29. The molecular weight excluding hydrogens is 312 g/mol. The quantitative estimate of drug-likeness (QED) is 0.862. The molecule has 0 saturated heterocycles. The molecule has 0 radical (unpaired) electrons. The average molecular weight is 334 g/mol. The summed E-state index contributed by atoms with van der Waals surface area (Å²) < 4.78 is 31.8. The van der Waals surface area contributed by atoms with Gasteiger partial charge in [0.15, 0.2) is 0 Å². The highest BCUT2D eigenvalue weighted by atomic mass is 32.2. The van der Waals surface area contributed by atoms with Gasteiger partial charge in [-0.1, -0.05) is 37.2 Å². The van der Waals surface area contributed by atoms with Crippen molar-refractivity contribution in [2.24, 2.45) is 0 Å². The molecule has 0 amide bonds. The molecule has 0 saturated carbocycles. The number of rotatable bonds is 4. The van der Waals surface area contributed by atoms with Gasteiger partial charge >= 0.3 is 0 Å². The van der Waals surface area contributed by atoms with Crippen LogP contribution < -0.4 is 0 Å². The van der Waals surface area contributed by atoms with E-state index in [-0.39, 0.29) is 5.75 Å². The standard InChI is InChI=1S/C17H22N2O3S/c1-12(2)16-6-4-5-14-10-19(8-7-17(14)16)23(20,21)11-15-9-13(3)22-18-15/h4-6,9,12H,7-8,10-11H2,1-3H3. The van der Waals surface area contributed by atoms with Gasteiger partial charge < -0.3 is 4.52 Å². The molecule has 0 aliphatic carbocycles. The number of aryl methyl sites for hydroxylation is 1. The van der Waals surface area contributed by atoms with Crippen molar-refractivity contribution in [2.75, 3.05) is 6.54 Å². The summed E-state index contributed by atoms with van der Waals surface area (Å²) in [6, 6.07) is 7.87. The molecule has 0 spiro atoms. The van der Waals surface area contributed by atoms with Gasteiger partial charge in [-0.05, 0) is 36.0 Å². The fourth-order valence-corrected chi connectivity index (χ4v) is 4.55. The summed E-state index contributed by atoms with van der Waals surface area (Å²) in [5.74, 6) is 0.968. The second-order valence-electron chi connectivity index (χ2n) is 6.41. The average Bonchev–Trinajstić information content (AvgIpc) is 2.90. The van der Waals surface area contributed by atoms with Crippen LogP contribution in [0.4, 0.5) is 0 Å². The highest BCUT2D eigenvalue weighted by molar-refractivity contribution is 7.88. The third-order valence-electron chi connectivity index (χ3n) is 4.29. The number of fused-ring (bicyclic) bond motifs is 1. The molecule has 0 bridgehead atoms. The van der Waals surface area contributed by atoms with Crippen LogP contribution in [0.15, 0.2) is 28.8 Å². The monoisotopic (exact) mass is 334 g/mol. The Hall–Kier alpha value is -1.66. The van der Waals surface area contributed by atoms with Crippen molar-refractivity contribution in [2.45, 2.75) is 45.4 Å². The second-order valence-corrected chi connectivity index (χ2v) is 8.38. The number of sulfonamides is 1. The third kappa shape index (κ3) is 3.33. The zero-order valence-electron chi connectivity index (χ0n) is 13.7. The summed E-state index contributed by atoms with van der Waals surface area (Å²) >= 11 is 0. The van der Waals surface area contributed by atoms with Gasteiger partial charge in [0.2, 0.25) is 10.0 Å². The van der Waals surface area contributed by atoms with Gasteiger partial charge in [0.05, 0.1) is 0 Å². The van der Waals surface area contributed by atoms with E-state index in [4.69, 9.17) is 4.52 Å². The summed E-state index contributed by atoms with van der Waals surface area (Å²) in [4.78, 5) is 0. The normalized spacial score (nSPS) is 15.8. The van der Waals surface area contributed by atoms with Gasteiger partial charge in [-0.3, -0.25) is 0 Å². The first-order valence-electron chi connectivity index (χ1n) is 7.87. The van der Waals surface area contributed by atoms with E-state index >= 15 is 0 Å². The van der Waals surface area contributed by atoms with E-state index in [1.54, 1.807) is 17.3 Å². The highest BCUT2D eigenvalue weighted by Gasteiger charge is 2.29. The number of hydrogen-bond acceptors (Lipinski definition) is 4. The van der Waals surface area contributed by atoms with E-state index in [1.807, 2.05) is 12.1 Å². The molecule has 23 heavy (non-hydrogen) atoms. The van der Waals surface area contributed by atoms with Crippen LogP contribution in [0.1, 0.15) is 47.9 Å². The Labute approximate surface area is 137 Å². The number of benzene rings is 1.